The Bertz CT molecular complexity index is 489. The average Bonchev–Trinajstić information content (AvgIpc) is 2.38. The van der Waals surface area contributed by atoms with Gasteiger partial charge in [0.25, 0.3) is 0 Å². The van der Waals surface area contributed by atoms with Crippen LogP contribution in [-0.4, -0.2) is 22.5 Å². The van der Waals surface area contributed by atoms with Crippen molar-refractivity contribution >= 4 is 11.5 Å². The standard InChI is InChI=1S/C15H20N2O2/c1-4-19-15(18)13-7-5-12(6-8-13)14-16-10(2)9-11(3)17-14/h5,9,13H,4,6-8H2,1-3H3/t13-/m1/s1. The molecule has 0 saturated heterocycles. The molecule has 0 saturated carbocycles. The molecule has 1 aliphatic rings. The molecule has 102 valence electrons. The van der Waals surface area contributed by atoms with E-state index in [0.717, 1.165) is 42.0 Å². The van der Waals surface area contributed by atoms with E-state index in [1.165, 1.54) is 0 Å². The number of hydrogen-bond acceptors (Lipinski definition) is 4. The van der Waals surface area contributed by atoms with Crippen molar-refractivity contribution in [2.75, 3.05) is 6.61 Å². The molecule has 4 nitrogen and oxygen atoms in total. The third kappa shape index (κ3) is 3.40. The Labute approximate surface area is 113 Å². The molecule has 1 heterocycles. The predicted molar refractivity (Wildman–Crippen MR) is 73.5 cm³/mol. The van der Waals surface area contributed by atoms with Crippen molar-refractivity contribution < 1.29 is 9.53 Å². The maximum absolute atomic E-state index is 11.7. The van der Waals surface area contributed by atoms with E-state index in [-0.39, 0.29) is 11.9 Å². The largest absolute Gasteiger partial charge is 0.466 e. The normalized spacial score (nSPS) is 18.9. The summed E-state index contributed by atoms with van der Waals surface area (Å²) in [5, 5.41) is 0. The summed E-state index contributed by atoms with van der Waals surface area (Å²) in [6.45, 7) is 6.24. The molecule has 1 aromatic heterocycles. The van der Waals surface area contributed by atoms with E-state index in [1.807, 2.05) is 26.8 Å². The molecule has 2 rings (SSSR count). The third-order valence-corrected chi connectivity index (χ3v) is 3.30. The maximum Gasteiger partial charge on any atom is 0.309 e. The molecule has 0 radical (unpaired) electrons. The second-order valence-corrected chi connectivity index (χ2v) is 4.93. The van der Waals surface area contributed by atoms with Gasteiger partial charge in [0.1, 0.15) is 0 Å². The molecule has 1 aliphatic carbocycles. The van der Waals surface area contributed by atoms with Crippen LogP contribution < -0.4 is 0 Å². The Morgan fingerprint density at radius 2 is 2.05 bits per heavy atom. The van der Waals surface area contributed by atoms with Crippen molar-refractivity contribution in [3.05, 3.63) is 29.4 Å². The van der Waals surface area contributed by atoms with Gasteiger partial charge in [-0.05, 0) is 51.7 Å². The van der Waals surface area contributed by atoms with Crippen LogP contribution in [0.3, 0.4) is 0 Å². The van der Waals surface area contributed by atoms with Crippen LogP contribution in [-0.2, 0) is 9.53 Å². The monoisotopic (exact) mass is 260 g/mol. The van der Waals surface area contributed by atoms with Gasteiger partial charge in [-0.2, -0.15) is 0 Å². The molecular formula is C15H20N2O2. The zero-order chi connectivity index (χ0) is 13.8. The predicted octanol–water partition coefficient (Wildman–Crippen LogP) is 2.84. The number of rotatable bonds is 3. The molecule has 0 aliphatic heterocycles. The molecule has 0 N–H and O–H groups in total. The van der Waals surface area contributed by atoms with E-state index in [9.17, 15) is 4.79 Å². The average molecular weight is 260 g/mol. The van der Waals surface area contributed by atoms with Crippen LogP contribution in [0.25, 0.3) is 5.57 Å². The first-order chi connectivity index (χ1) is 9.10. The Kier molecular flexibility index (Phi) is 4.30. The number of carbonyl (C=O) groups is 1. The van der Waals surface area contributed by atoms with Crippen LogP contribution in [0.2, 0.25) is 0 Å². The van der Waals surface area contributed by atoms with Gasteiger partial charge in [0.15, 0.2) is 5.82 Å². The second-order valence-electron chi connectivity index (χ2n) is 4.93. The number of ether oxygens (including phenoxy) is 1. The van der Waals surface area contributed by atoms with E-state index in [0.29, 0.717) is 6.61 Å². The van der Waals surface area contributed by atoms with Crippen molar-refractivity contribution in [1.82, 2.24) is 9.97 Å². The molecule has 0 fully saturated rings. The van der Waals surface area contributed by atoms with E-state index in [2.05, 4.69) is 16.0 Å². The molecule has 0 amide bonds. The fraction of sp³-hybridized carbons (Fsp3) is 0.533. The first-order valence-corrected chi connectivity index (χ1v) is 6.78. The fourth-order valence-electron chi connectivity index (χ4n) is 2.38. The van der Waals surface area contributed by atoms with Gasteiger partial charge in [0.2, 0.25) is 0 Å². The molecule has 0 unspecified atom stereocenters. The zero-order valence-corrected chi connectivity index (χ0v) is 11.8. The van der Waals surface area contributed by atoms with E-state index >= 15 is 0 Å². The number of aryl methyl sites for hydroxylation is 2. The second kappa shape index (κ2) is 5.95. The van der Waals surface area contributed by atoms with Crippen molar-refractivity contribution in [3.63, 3.8) is 0 Å². The van der Waals surface area contributed by atoms with Crippen LogP contribution in [0.15, 0.2) is 12.1 Å². The molecular weight excluding hydrogens is 240 g/mol. The van der Waals surface area contributed by atoms with Gasteiger partial charge >= 0.3 is 5.97 Å². The van der Waals surface area contributed by atoms with Crippen LogP contribution >= 0.6 is 0 Å². The summed E-state index contributed by atoms with van der Waals surface area (Å²) in [5.74, 6) is 0.716. The number of esters is 1. The van der Waals surface area contributed by atoms with Crippen LogP contribution in [0.4, 0.5) is 0 Å². The van der Waals surface area contributed by atoms with E-state index < -0.39 is 0 Å². The summed E-state index contributed by atoms with van der Waals surface area (Å²) in [7, 11) is 0. The number of carbonyl (C=O) groups excluding carboxylic acids is 1. The van der Waals surface area contributed by atoms with Gasteiger partial charge in [0, 0.05) is 11.4 Å². The van der Waals surface area contributed by atoms with Gasteiger partial charge in [-0.1, -0.05) is 6.08 Å². The fourth-order valence-corrected chi connectivity index (χ4v) is 2.38. The lowest BCUT2D eigenvalue weighted by Gasteiger charge is -2.20. The van der Waals surface area contributed by atoms with Crippen LogP contribution in [0.5, 0.6) is 0 Å². The molecule has 19 heavy (non-hydrogen) atoms. The maximum atomic E-state index is 11.7. The molecule has 1 aromatic rings. The van der Waals surface area contributed by atoms with Crippen molar-refractivity contribution in [1.29, 1.82) is 0 Å². The van der Waals surface area contributed by atoms with Crippen molar-refractivity contribution in [2.45, 2.75) is 40.0 Å². The molecule has 0 aromatic carbocycles. The Morgan fingerprint density at radius 1 is 1.37 bits per heavy atom. The lowest BCUT2D eigenvalue weighted by Crippen LogP contribution is -2.20. The molecule has 0 spiro atoms. The Balaban J connectivity index is 2.10. The highest BCUT2D eigenvalue weighted by molar-refractivity contribution is 5.74. The quantitative estimate of drug-likeness (QED) is 0.784. The summed E-state index contributed by atoms with van der Waals surface area (Å²) in [6.07, 6.45) is 4.47. The number of nitrogens with zero attached hydrogens (tertiary/aromatic N) is 2. The summed E-state index contributed by atoms with van der Waals surface area (Å²) in [6, 6.07) is 1.97. The lowest BCUT2D eigenvalue weighted by molar-refractivity contribution is -0.148. The van der Waals surface area contributed by atoms with E-state index in [4.69, 9.17) is 4.74 Å². The first kappa shape index (κ1) is 13.7. The minimum absolute atomic E-state index is 0.00499. The zero-order valence-electron chi connectivity index (χ0n) is 11.8. The number of hydrogen-bond donors (Lipinski definition) is 0. The van der Waals surface area contributed by atoms with Gasteiger partial charge in [0.05, 0.1) is 12.5 Å². The smallest absolute Gasteiger partial charge is 0.309 e. The lowest BCUT2D eigenvalue weighted by atomic mass is 9.89. The topological polar surface area (TPSA) is 52.1 Å². The van der Waals surface area contributed by atoms with Gasteiger partial charge in [-0.15, -0.1) is 0 Å². The highest BCUT2D eigenvalue weighted by Gasteiger charge is 2.23. The van der Waals surface area contributed by atoms with Gasteiger partial charge in [-0.25, -0.2) is 9.97 Å². The van der Waals surface area contributed by atoms with Gasteiger partial charge in [-0.3, -0.25) is 4.79 Å². The number of allylic oxidation sites excluding steroid dienone is 2. The van der Waals surface area contributed by atoms with Crippen molar-refractivity contribution in [2.24, 2.45) is 5.92 Å². The summed E-state index contributed by atoms with van der Waals surface area (Å²) in [5.41, 5.74) is 3.11. The first-order valence-electron chi connectivity index (χ1n) is 6.78. The highest BCUT2D eigenvalue weighted by Crippen LogP contribution is 2.29. The number of aromatic nitrogens is 2. The SMILES string of the molecule is CCOC(=O)[C@@H]1CC=C(c2nc(C)cc(C)n2)CC1. The van der Waals surface area contributed by atoms with Crippen molar-refractivity contribution in [3.8, 4) is 0 Å². The summed E-state index contributed by atoms with van der Waals surface area (Å²) in [4.78, 5) is 20.6. The third-order valence-electron chi connectivity index (χ3n) is 3.30. The molecule has 1 atom stereocenters. The van der Waals surface area contributed by atoms with Crippen LogP contribution in [0, 0.1) is 19.8 Å². The molecule has 4 heteroatoms. The highest BCUT2D eigenvalue weighted by atomic mass is 16.5. The summed E-state index contributed by atoms with van der Waals surface area (Å²) < 4.78 is 5.06. The Morgan fingerprint density at radius 3 is 2.58 bits per heavy atom. The molecule has 0 bridgehead atoms. The minimum Gasteiger partial charge on any atom is -0.466 e. The minimum atomic E-state index is -0.0841. The van der Waals surface area contributed by atoms with Crippen LogP contribution in [0.1, 0.15) is 43.4 Å². The van der Waals surface area contributed by atoms with Gasteiger partial charge < -0.3 is 4.74 Å². The van der Waals surface area contributed by atoms with E-state index in [1.54, 1.807) is 0 Å². The Hall–Kier alpha value is -1.71. The summed E-state index contributed by atoms with van der Waals surface area (Å²) >= 11 is 0.